The minimum atomic E-state index is 0.236. The molecule has 2 heterocycles. The van der Waals surface area contributed by atoms with Crippen molar-refractivity contribution in [3.05, 3.63) is 18.2 Å². The zero-order valence-electron chi connectivity index (χ0n) is 9.59. The van der Waals surface area contributed by atoms with E-state index < -0.39 is 0 Å². The number of carbonyl (C=O) groups excluding carboxylic acids is 1. The first-order valence-electron chi connectivity index (χ1n) is 5.97. The maximum atomic E-state index is 10.7. The van der Waals surface area contributed by atoms with Crippen LogP contribution in [0.1, 0.15) is 12.8 Å². The molecule has 0 spiro atoms. The van der Waals surface area contributed by atoms with Gasteiger partial charge in [0.25, 0.3) is 0 Å². The first kappa shape index (κ1) is 10.4. The van der Waals surface area contributed by atoms with Crippen LogP contribution in [0.2, 0.25) is 0 Å². The highest BCUT2D eigenvalue weighted by molar-refractivity contribution is 5.59. The topological polar surface area (TPSA) is 38.8 Å². The lowest BCUT2D eigenvalue weighted by Gasteiger charge is -2.31. The van der Waals surface area contributed by atoms with Crippen molar-refractivity contribution in [3.63, 3.8) is 0 Å². The number of ether oxygens (including phenoxy) is 2. The van der Waals surface area contributed by atoms with Crippen LogP contribution in [0.15, 0.2) is 18.2 Å². The van der Waals surface area contributed by atoms with E-state index >= 15 is 0 Å². The van der Waals surface area contributed by atoms with Crippen LogP contribution in [0.25, 0.3) is 0 Å². The first-order valence-corrected chi connectivity index (χ1v) is 5.97. The van der Waals surface area contributed by atoms with Gasteiger partial charge in [0, 0.05) is 30.8 Å². The van der Waals surface area contributed by atoms with Gasteiger partial charge in [-0.3, -0.25) is 0 Å². The smallest absolute Gasteiger partial charge is 0.231 e. The summed E-state index contributed by atoms with van der Waals surface area (Å²) in [6, 6.07) is 6.02. The molecule has 1 saturated heterocycles. The summed E-state index contributed by atoms with van der Waals surface area (Å²) in [5.41, 5.74) is 1.15. The molecule has 3 rings (SSSR count). The van der Waals surface area contributed by atoms with Crippen molar-refractivity contribution < 1.29 is 14.3 Å². The number of anilines is 1. The van der Waals surface area contributed by atoms with E-state index in [1.165, 1.54) is 0 Å². The van der Waals surface area contributed by atoms with E-state index in [1.807, 2.05) is 12.1 Å². The molecule has 90 valence electrons. The molecular weight excluding hydrogens is 218 g/mol. The number of aldehydes is 1. The van der Waals surface area contributed by atoms with Crippen molar-refractivity contribution in [2.24, 2.45) is 5.92 Å². The van der Waals surface area contributed by atoms with Gasteiger partial charge in [-0.2, -0.15) is 0 Å². The molecule has 0 amide bonds. The van der Waals surface area contributed by atoms with Gasteiger partial charge in [0.15, 0.2) is 11.5 Å². The highest BCUT2D eigenvalue weighted by atomic mass is 16.7. The predicted octanol–water partition coefficient (Wildman–Crippen LogP) is 1.83. The minimum absolute atomic E-state index is 0.236. The molecule has 0 aromatic heterocycles. The Hall–Kier alpha value is -1.71. The summed E-state index contributed by atoms with van der Waals surface area (Å²) < 4.78 is 10.7. The molecule has 0 N–H and O–H groups in total. The number of hydrogen-bond acceptors (Lipinski definition) is 4. The molecule has 0 atom stereocenters. The van der Waals surface area contributed by atoms with E-state index in [1.54, 1.807) is 0 Å². The van der Waals surface area contributed by atoms with Crippen LogP contribution in [0.3, 0.4) is 0 Å². The van der Waals surface area contributed by atoms with E-state index in [9.17, 15) is 4.79 Å². The van der Waals surface area contributed by atoms with Gasteiger partial charge in [-0.15, -0.1) is 0 Å². The van der Waals surface area contributed by atoms with Crippen LogP contribution in [0, 0.1) is 5.92 Å². The molecule has 0 bridgehead atoms. The number of hydrogen-bond donors (Lipinski definition) is 0. The fourth-order valence-corrected chi connectivity index (χ4v) is 2.38. The van der Waals surface area contributed by atoms with Crippen molar-refractivity contribution in [3.8, 4) is 11.5 Å². The summed E-state index contributed by atoms with van der Waals surface area (Å²) in [6.07, 6.45) is 2.97. The number of rotatable bonds is 2. The molecule has 2 aliphatic heterocycles. The minimum Gasteiger partial charge on any atom is -0.454 e. The predicted molar refractivity (Wildman–Crippen MR) is 63.6 cm³/mol. The molecule has 0 radical (unpaired) electrons. The van der Waals surface area contributed by atoms with E-state index in [0.29, 0.717) is 6.79 Å². The average molecular weight is 233 g/mol. The van der Waals surface area contributed by atoms with Gasteiger partial charge < -0.3 is 19.2 Å². The first-order chi connectivity index (χ1) is 8.36. The molecule has 1 aromatic rings. The summed E-state index contributed by atoms with van der Waals surface area (Å²) in [5, 5.41) is 0. The lowest BCUT2D eigenvalue weighted by molar-refractivity contribution is -0.111. The molecule has 4 heteroatoms. The normalized spacial score (nSPS) is 19.4. The largest absolute Gasteiger partial charge is 0.454 e. The van der Waals surface area contributed by atoms with Crippen LogP contribution in [0.5, 0.6) is 11.5 Å². The molecule has 2 aliphatic rings. The van der Waals surface area contributed by atoms with E-state index in [0.717, 1.165) is 49.4 Å². The summed E-state index contributed by atoms with van der Waals surface area (Å²) in [7, 11) is 0. The molecular formula is C13H15NO3. The van der Waals surface area contributed by atoms with Gasteiger partial charge in [-0.25, -0.2) is 0 Å². The SMILES string of the molecule is O=CC1CCN(c2ccc3c(c2)OCO3)CC1. The standard InChI is InChI=1S/C13H15NO3/c15-8-10-3-5-14(6-4-10)11-1-2-12-13(7-11)17-9-16-12/h1-2,7-8,10H,3-6,9H2. The Morgan fingerprint density at radius 3 is 2.71 bits per heavy atom. The Balaban J connectivity index is 1.74. The van der Waals surface area contributed by atoms with Crippen molar-refractivity contribution in [2.45, 2.75) is 12.8 Å². The Bertz CT molecular complexity index is 425. The van der Waals surface area contributed by atoms with Crippen molar-refractivity contribution in [2.75, 3.05) is 24.8 Å². The molecule has 0 unspecified atom stereocenters. The molecule has 1 aromatic carbocycles. The van der Waals surface area contributed by atoms with Gasteiger partial charge in [-0.05, 0) is 25.0 Å². The van der Waals surface area contributed by atoms with Crippen LogP contribution < -0.4 is 14.4 Å². The lowest BCUT2D eigenvalue weighted by atomic mass is 9.98. The van der Waals surface area contributed by atoms with Crippen LogP contribution in [0.4, 0.5) is 5.69 Å². The number of benzene rings is 1. The zero-order chi connectivity index (χ0) is 11.7. The number of piperidine rings is 1. The second-order valence-electron chi connectivity index (χ2n) is 4.50. The third-order valence-electron chi connectivity index (χ3n) is 3.45. The Kier molecular flexibility index (Phi) is 2.63. The molecule has 17 heavy (non-hydrogen) atoms. The fourth-order valence-electron chi connectivity index (χ4n) is 2.38. The highest BCUT2D eigenvalue weighted by Gasteiger charge is 2.21. The van der Waals surface area contributed by atoms with Gasteiger partial charge in [0.05, 0.1) is 0 Å². The highest BCUT2D eigenvalue weighted by Crippen LogP contribution is 2.36. The maximum Gasteiger partial charge on any atom is 0.231 e. The third-order valence-corrected chi connectivity index (χ3v) is 3.45. The van der Waals surface area contributed by atoms with Crippen LogP contribution in [-0.2, 0) is 4.79 Å². The quantitative estimate of drug-likeness (QED) is 0.730. The van der Waals surface area contributed by atoms with Crippen molar-refractivity contribution >= 4 is 12.0 Å². The molecule has 1 fully saturated rings. The monoisotopic (exact) mass is 233 g/mol. The summed E-state index contributed by atoms with van der Waals surface area (Å²) in [4.78, 5) is 13.0. The summed E-state index contributed by atoms with van der Waals surface area (Å²) in [6.45, 7) is 2.18. The second kappa shape index (κ2) is 4.28. The fraction of sp³-hybridized carbons (Fsp3) is 0.462. The van der Waals surface area contributed by atoms with Crippen LogP contribution >= 0.6 is 0 Å². The lowest BCUT2D eigenvalue weighted by Crippen LogP contribution is -2.33. The van der Waals surface area contributed by atoms with Gasteiger partial charge in [-0.1, -0.05) is 0 Å². The Morgan fingerprint density at radius 1 is 1.18 bits per heavy atom. The summed E-state index contributed by atoms with van der Waals surface area (Å²) >= 11 is 0. The number of nitrogens with zero attached hydrogens (tertiary/aromatic N) is 1. The average Bonchev–Trinajstić information content (AvgIpc) is 2.86. The number of carbonyl (C=O) groups is 1. The maximum absolute atomic E-state index is 10.7. The molecule has 0 saturated carbocycles. The van der Waals surface area contributed by atoms with Gasteiger partial charge in [0.2, 0.25) is 6.79 Å². The van der Waals surface area contributed by atoms with Crippen molar-refractivity contribution in [1.82, 2.24) is 0 Å². The van der Waals surface area contributed by atoms with Gasteiger partial charge in [0.1, 0.15) is 6.29 Å². The Labute approximate surface area is 100 Å². The van der Waals surface area contributed by atoms with Crippen LogP contribution in [-0.4, -0.2) is 26.2 Å². The Morgan fingerprint density at radius 2 is 1.94 bits per heavy atom. The third kappa shape index (κ3) is 1.95. The van der Waals surface area contributed by atoms with E-state index in [4.69, 9.17) is 9.47 Å². The van der Waals surface area contributed by atoms with Crippen molar-refractivity contribution in [1.29, 1.82) is 0 Å². The van der Waals surface area contributed by atoms with E-state index in [-0.39, 0.29) is 5.92 Å². The van der Waals surface area contributed by atoms with Gasteiger partial charge >= 0.3 is 0 Å². The zero-order valence-corrected chi connectivity index (χ0v) is 9.59. The second-order valence-corrected chi connectivity index (χ2v) is 4.50. The number of fused-ring (bicyclic) bond motifs is 1. The summed E-state index contributed by atoms with van der Waals surface area (Å²) in [5.74, 6) is 1.87. The molecule has 0 aliphatic carbocycles. The molecule has 4 nitrogen and oxygen atoms in total. The van der Waals surface area contributed by atoms with E-state index in [2.05, 4.69) is 11.0 Å².